The van der Waals surface area contributed by atoms with Crippen molar-refractivity contribution in [3.63, 3.8) is 0 Å². The molecule has 2 rings (SSSR count). The van der Waals surface area contributed by atoms with Gasteiger partial charge in [0.1, 0.15) is 5.66 Å². The van der Waals surface area contributed by atoms with Crippen molar-refractivity contribution < 1.29 is 4.42 Å². The molecule has 1 aliphatic carbocycles. The summed E-state index contributed by atoms with van der Waals surface area (Å²) in [5.41, 5.74) is 0.620. The Hall–Kier alpha value is -0.420. The minimum atomic E-state index is 0.620. The maximum Gasteiger partial charge on any atom is 0.331 e. The molecule has 0 saturated carbocycles. The Morgan fingerprint density at radius 2 is 2.56 bits per heavy atom. The maximum atomic E-state index is 5.35. The van der Waals surface area contributed by atoms with Gasteiger partial charge in [-0.25, -0.2) is 0 Å². The molecule has 1 heterocycles. The number of rotatable bonds is 0. The van der Waals surface area contributed by atoms with Crippen LogP contribution in [-0.2, 0) is 4.42 Å². The third-order valence-corrected chi connectivity index (χ3v) is 2.75. The summed E-state index contributed by atoms with van der Waals surface area (Å²) >= 11 is 0. The Morgan fingerprint density at radius 3 is 3.44 bits per heavy atom. The second-order valence-corrected chi connectivity index (χ2v) is 3.44. The van der Waals surface area contributed by atoms with Gasteiger partial charge in [0.05, 0.1) is 0 Å². The first-order valence-electron chi connectivity index (χ1n) is 3.05. The average molecular weight is 139 g/mol. The van der Waals surface area contributed by atoms with Crippen molar-refractivity contribution in [1.82, 2.24) is 0 Å². The first-order valence-corrected chi connectivity index (χ1v) is 4.33. The van der Waals surface area contributed by atoms with E-state index in [4.69, 9.17) is 4.42 Å². The van der Waals surface area contributed by atoms with E-state index < -0.39 is 0 Å². The van der Waals surface area contributed by atoms with Crippen LogP contribution in [0.3, 0.4) is 0 Å². The van der Waals surface area contributed by atoms with Crippen LogP contribution in [0.5, 0.6) is 0 Å². The fraction of sp³-hybridized carbons (Fsp3) is 0.286. The van der Waals surface area contributed by atoms with Crippen LogP contribution < -0.4 is 0 Å². The molecule has 46 valence electrons. The summed E-state index contributed by atoms with van der Waals surface area (Å²) in [6.07, 6.45) is 9.32. The number of carbonyl (C=O) groups excluding carboxylic acids is 1. The molecule has 0 saturated heterocycles. The first-order chi connectivity index (χ1) is 4.47. The van der Waals surface area contributed by atoms with Gasteiger partial charge in [0.25, 0.3) is 6.35 Å². The molecule has 2 heteroatoms. The Morgan fingerprint density at radius 1 is 1.56 bits per heavy atom. The van der Waals surface area contributed by atoms with Gasteiger partial charge in [-0.05, 0) is 0 Å². The fourth-order valence-corrected chi connectivity index (χ4v) is 2.10. The average Bonchev–Trinajstić information content (AvgIpc) is 2.33. The molecule has 0 aromatic carbocycles. The maximum absolute atomic E-state index is 5.35. The van der Waals surface area contributed by atoms with Gasteiger partial charge in [-0.1, -0.05) is 18.2 Å². The van der Waals surface area contributed by atoms with Crippen LogP contribution in [0.2, 0.25) is 0 Å². The topological polar surface area (TPSA) is 11.3 Å². The van der Waals surface area contributed by atoms with E-state index in [2.05, 4.69) is 18.2 Å². The number of ketones is 1. The highest BCUT2D eigenvalue weighted by Crippen LogP contribution is 2.27. The summed E-state index contributed by atoms with van der Waals surface area (Å²) in [7, 11) is 0.941. The predicted molar refractivity (Wildman–Crippen MR) is 40.3 cm³/mol. The van der Waals surface area contributed by atoms with Gasteiger partial charge in [0.2, 0.25) is 0 Å². The zero-order valence-corrected chi connectivity index (χ0v) is 6.00. The molecule has 1 aliphatic heterocycles. The standard InChI is InChI=1S/C7H8OP/c1-2-4-7-6(3-1)8-5-9-7/h1-4,7,9H,5H2/q+1. The Balaban J connectivity index is 2.33. The Kier molecular flexibility index (Phi) is 1.24. The van der Waals surface area contributed by atoms with Crippen molar-refractivity contribution in [1.29, 1.82) is 0 Å². The summed E-state index contributed by atoms with van der Waals surface area (Å²) in [5, 5.41) is 0. The lowest BCUT2D eigenvalue weighted by molar-refractivity contribution is -0.428. The summed E-state index contributed by atoms with van der Waals surface area (Å²) in [4.78, 5) is 0. The van der Waals surface area contributed by atoms with E-state index in [1.54, 1.807) is 0 Å². The van der Waals surface area contributed by atoms with Crippen molar-refractivity contribution in [2.75, 3.05) is 6.35 Å². The van der Waals surface area contributed by atoms with E-state index in [-0.39, 0.29) is 0 Å². The second kappa shape index (κ2) is 2.07. The SMILES string of the molecule is C1=CC2=[O+]CPC2C=C1. The molecule has 2 atom stereocenters. The van der Waals surface area contributed by atoms with E-state index in [0.29, 0.717) is 5.66 Å². The lowest BCUT2D eigenvalue weighted by Crippen LogP contribution is -2.08. The monoisotopic (exact) mass is 139 g/mol. The first kappa shape index (κ1) is 5.37. The lowest BCUT2D eigenvalue weighted by Gasteiger charge is -1.95. The minimum Gasteiger partial charge on any atom is -0.254 e. The lowest BCUT2D eigenvalue weighted by atomic mass is 10.2. The Labute approximate surface area is 55.9 Å². The zero-order chi connectivity index (χ0) is 6.10. The van der Waals surface area contributed by atoms with Gasteiger partial charge in [0, 0.05) is 14.7 Å². The number of allylic oxidation sites excluding steroid dienone is 4. The smallest absolute Gasteiger partial charge is 0.254 e. The number of hydrogen-bond acceptors (Lipinski definition) is 0. The Bertz CT molecular complexity index is 200. The van der Waals surface area contributed by atoms with Crippen molar-refractivity contribution in [2.45, 2.75) is 5.66 Å². The van der Waals surface area contributed by atoms with Gasteiger partial charge >= 0.3 is 5.78 Å². The van der Waals surface area contributed by atoms with E-state index in [1.807, 2.05) is 6.08 Å². The molecule has 0 fully saturated rings. The van der Waals surface area contributed by atoms with Gasteiger partial charge in [-0.15, -0.1) is 0 Å². The van der Waals surface area contributed by atoms with E-state index in [9.17, 15) is 0 Å². The molecule has 0 N–H and O–H groups in total. The van der Waals surface area contributed by atoms with Gasteiger partial charge in [0.15, 0.2) is 0 Å². The van der Waals surface area contributed by atoms with Crippen LogP contribution >= 0.6 is 8.58 Å². The summed E-state index contributed by atoms with van der Waals surface area (Å²) in [6.45, 7) is 0. The van der Waals surface area contributed by atoms with Crippen LogP contribution in [0.4, 0.5) is 0 Å². The normalized spacial score (nSPS) is 32.9. The van der Waals surface area contributed by atoms with Crippen LogP contribution in [0, 0.1) is 0 Å². The van der Waals surface area contributed by atoms with Crippen molar-refractivity contribution in [3.05, 3.63) is 24.3 Å². The number of fused-ring (bicyclic) bond motifs is 1. The quantitative estimate of drug-likeness (QED) is 0.353. The van der Waals surface area contributed by atoms with E-state index >= 15 is 0 Å². The summed E-state index contributed by atoms with van der Waals surface area (Å²) in [5.74, 6) is 1.16. The molecule has 0 aromatic rings. The van der Waals surface area contributed by atoms with Crippen LogP contribution in [0.15, 0.2) is 24.3 Å². The van der Waals surface area contributed by atoms with E-state index in [0.717, 1.165) is 20.7 Å². The number of hydrogen-bond donors (Lipinski definition) is 0. The van der Waals surface area contributed by atoms with Crippen molar-refractivity contribution in [2.24, 2.45) is 0 Å². The van der Waals surface area contributed by atoms with Crippen LogP contribution in [-0.4, -0.2) is 17.8 Å². The van der Waals surface area contributed by atoms with Crippen LogP contribution in [0.1, 0.15) is 0 Å². The molecular formula is C7H8OP+. The molecule has 9 heavy (non-hydrogen) atoms. The molecule has 2 unspecified atom stereocenters. The molecular weight excluding hydrogens is 131 g/mol. The fourth-order valence-electron chi connectivity index (χ4n) is 1.05. The van der Waals surface area contributed by atoms with E-state index in [1.165, 1.54) is 0 Å². The second-order valence-electron chi connectivity index (χ2n) is 2.12. The van der Waals surface area contributed by atoms with Crippen LogP contribution in [0.25, 0.3) is 0 Å². The molecule has 0 radical (unpaired) electrons. The molecule has 0 spiro atoms. The summed E-state index contributed by atoms with van der Waals surface area (Å²) in [6, 6.07) is 0. The largest absolute Gasteiger partial charge is 0.331 e. The highest BCUT2D eigenvalue weighted by Gasteiger charge is 2.29. The minimum absolute atomic E-state index is 0.620. The van der Waals surface area contributed by atoms with Crippen molar-refractivity contribution >= 4 is 14.4 Å². The molecule has 0 aromatic heterocycles. The van der Waals surface area contributed by atoms with Gasteiger partial charge in [-0.3, -0.25) is 4.42 Å². The predicted octanol–water partition coefficient (Wildman–Crippen LogP) is 1.24. The zero-order valence-electron chi connectivity index (χ0n) is 5.00. The molecule has 2 aliphatic rings. The van der Waals surface area contributed by atoms with Gasteiger partial charge in [-0.2, -0.15) is 0 Å². The highest BCUT2D eigenvalue weighted by atomic mass is 31.1. The molecule has 1 nitrogen and oxygen atoms in total. The van der Waals surface area contributed by atoms with Gasteiger partial charge < -0.3 is 0 Å². The third-order valence-electron chi connectivity index (χ3n) is 1.52. The molecule has 0 amide bonds. The van der Waals surface area contributed by atoms with Crippen molar-refractivity contribution in [3.8, 4) is 0 Å². The molecule has 0 bridgehead atoms. The summed E-state index contributed by atoms with van der Waals surface area (Å²) < 4.78 is 5.35. The third kappa shape index (κ3) is 0.859. The highest BCUT2D eigenvalue weighted by molar-refractivity contribution is 7.40.